The molecule has 100 valence electrons. The Morgan fingerprint density at radius 3 is 2.83 bits per heavy atom. The second-order valence-corrected chi connectivity index (χ2v) is 4.31. The largest absolute Gasteiger partial charge is 0.508 e. The Morgan fingerprint density at radius 1 is 1.44 bits per heavy atom. The number of carbonyl (C=O) groups is 1. The smallest absolute Gasteiger partial charge is 0.322 e. The lowest BCUT2D eigenvalue weighted by Gasteiger charge is -2.29. The highest BCUT2D eigenvalue weighted by Crippen LogP contribution is 2.33. The number of halogens is 1. The number of hydrogen-bond donors (Lipinski definition) is 2. The molecule has 2 N–H and O–H groups in total. The molecular formula is C13H18ClNO3. The van der Waals surface area contributed by atoms with Crippen LogP contribution in [-0.2, 0) is 9.53 Å². The molecule has 1 aliphatic heterocycles. The van der Waals surface area contributed by atoms with Crippen LogP contribution in [0.1, 0.15) is 24.3 Å². The van der Waals surface area contributed by atoms with Crippen molar-refractivity contribution >= 4 is 18.4 Å². The molecule has 2 atom stereocenters. The number of hydrogen-bond acceptors (Lipinski definition) is 4. The summed E-state index contributed by atoms with van der Waals surface area (Å²) in [5, 5.41) is 12.9. The molecule has 18 heavy (non-hydrogen) atoms. The van der Waals surface area contributed by atoms with E-state index in [0.717, 1.165) is 18.5 Å². The molecule has 0 saturated carbocycles. The van der Waals surface area contributed by atoms with Crippen LogP contribution in [0, 0.1) is 0 Å². The van der Waals surface area contributed by atoms with Crippen molar-refractivity contribution < 1.29 is 14.6 Å². The maximum Gasteiger partial charge on any atom is 0.322 e. The fourth-order valence-corrected chi connectivity index (χ4v) is 2.35. The topological polar surface area (TPSA) is 58.6 Å². The molecule has 2 unspecified atom stereocenters. The van der Waals surface area contributed by atoms with Crippen molar-refractivity contribution in [1.82, 2.24) is 5.32 Å². The number of para-hydroxylation sites is 1. The fraction of sp³-hybridized carbons (Fsp3) is 0.462. The van der Waals surface area contributed by atoms with Gasteiger partial charge >= 0.3 is 5.97 Å². The third kappa shape index (κ3) is 3.15. The number of rotatable bonds is 2. The van der Waals surface area contributed by atoms with Gasteiger partial charge in [0.1, 0.15) is 11.8 Å². The number of esters is 1. The Bertz CT molecular complexity index is 411. The number of aromatic hydroxyl groups is 1. The summed E-state index contributed by atoms with van der Waals surface area (Å²) in [4.78, 5) is 11.5. The number of phenols is 1. The first-order valence-electron chi connectivity index (χ1n) is 5.81. The van der Waals surface area contributed by atoms with Gasteiger partial charge in [0, 0.05) is 0 Å². The summed E-state index contributed by atoms with van der Waals surface area (Å²) in [6.45, 7) is 0.763. The van der Waals surface area contributed by atoms with Crippen LogP contribution in [-0.4, -0.2) is 30.8 Å². The van der Waals surface area contributed by atoms with Gasteiger partial charge in [-0.1, -0.05) is 18.2 Å². The number of phenolic OH excluding ortho intramolecular Hbond substituents is 1. The molecule has 1 fully saturated rings. The van der Waals surface area contributed by atoms with Gasteiger partial charge in [0.15, 0.2) is 0 Å². The maximum absolute atomic E-state index is 11.5. The van der Waals surface area contributed by atoms with Crippen molar-refractivity contribution in [1.29, 1.82) is 0 Å². The first-order valence-corrected chi connectivity index (χ1v) is 5.81. The van der Waals surface area contributed by atoms with Crippen LogP contribution in [0.15, 0.2) is 24.3 Å². The molecule has 0 aliphatic carbocycles. The van der Waals surface area contributed by atoms with Gasteiger partial charge in [-0.05, 0) is 36.9 Å². The first-order chi connectivity index (χ1) is 8.22. The van der Waals surface area contributed by atoms with Gasteiger partial charge < -0.3 is 15.2 Å². The standard InChI is InChI=1S/C13H17NO3.ClH/c1-17-13(16)11-8-9(6-7-14-11)10-4-2-3-5-12(10)15;/h2-5,9,11,14-15H,6-8H2,1H3;1H. The van der Waals surface area contributed by atoms with Gasteiger partial charge in [-0.25, -0.2) is 0 Å². The third-order valence-corrected chi connectivity index (χ3v) is 3.27. The highest BCUT2D eigenvalue weighted by Gasteiger charge is 2.29. The number of nitrogens with one attached hydrogen (secondary N) is 1. The van der Waals surface area contributed by atoms with Gasteiger partial charge in [0.05, 0.1) is 7.11 Å². The predicted molar refractivity (Wildman–Crippen MR) is 71.1 cm³/mol. The van der Waals surface area contributed by atoms with Crippen molar-refractivity contribution in [3.63, 3.8) is 0 Å². The van der Waals surface area contributed by atoms with E-state index >= 15 is 0 Å². The summed E-state index contributed by atoms with van der Waals surface area (Å²) < 4.78 is 4.74. The molecule has 1 aromatic carbocycles. The molecular weight excluding hydrogens is 254 g/mol. The minimum atomic E-state index is -0.265. The van der Waals surface area contributed by atoms with E-state index in [1.807, 2.05) is 12.1 Å². The fourth-order valence-electron chi connectivity index (χ4n) is 2.35. The summed E-state index contributed by atoms with van der Waals surface area (Å²) in [5.74, 6) is 0.287. The predicted octanol–water partition coefficient (Wildman–Crippen LogP) is 1.82. The number of piperidine rings is 1. The molecule has 5 heteroatoms. The maximum atomic E-state index is 11.5. The molecule has 1 saturated heterocycles. The van der Waals surface area contributed by atoms with Crippen LogP contribution < -0.4 is 5.32 Å². The van der Waals surface area contributed by atoms with E-state index in [1.54, 1.807) is 12.1 Å². The first kappa shape index (κ1) is 14.8. The van der Waals surface area contributed by atoms with Gasteiger partial charge in [0.2, 0.25) is 0 Å². The van der Waals surface area contributed by atoms with E-state index in [-0.39, 0.29) is 30.3 Å². The van der Waals surface area contributed by atoms with Crippen LogP contribution in [0.25, 0.3) is 0 Å². The van der Waals surface area contributed by atoms with Crippen LogP contribution in [0.5, 0.6) is 5.75 Å². The quantitative estimate of drug-likeness (QED) is 0.806. The number of benzene rings is 1. The molecule has 0 amide bonds. The van der Waals surface area contributed by atoms with E-state index in [4.69, 9.17) is 4.74 Å². The molecule has 0 radical (unpaired) electrons. The lowest BCUT2D eigenvalue weighted by molar-refractivity contribution is -0.143. The number of carbonyl (C=O) groups excluding carboxylic acids is 1. The molecule has 4 nitrogen and oxygen atoms in total. The molecule has 1 aromatic rings. The zero-order valence-corrected chi connectivity index (χ0v) is 11.1. The lowest BCUT2D eigenvalue weighted by atomic mass is 9.86. The van der Waals surface area contributed by atoms with Crippen LogP contribution in [0.4, 0.5) is 0 Å². The van der Waals surface area contributed by atoms with Crippen molar-refractivity contribution in [2.75, 3.05) is 13.7 Å². The van der Waals surface area contributed by atoms with Crippen molar-refractivity contribution in [3.05, 3.63) is 29.8 Å². The normalized spacial score (nSPS) is 22.9. The molecule has 1 heterocycles. The van der Waals surface area contributed by atoms with Gasteiger partial charge in [-0.3, -0.25) is 4.79 Å². The van der Waals surface area contributed by atoms with E-state index in [2.05, 4.69) is 5.32 Å². The van der Waals surface area contributed by atoms with E-state index in [1.165, 1.54) is 7.11 Å². The second kappa shape index (κ2) is 6.61. The molecule has 0 spiro atoms. The Kier molecular flexibility index (Phi) is 5.44. The zero-order chi connectivity index (χ0) is 12.3. The minimum Gasteiger partial charge on any atom is -0.508 e. The summed E-state index contributed by atoms with van der Waals surface area (Å²) in [6, 6.07) is 7.05. The van der Waals surface area contributed by atoms with Gasteiger partial charge in [0.25, 0.3) is 0 Å². The summed E-state index contributed by atoms with van der Waals surface area (Å²) in [5.41, 5.74) is 0.919. The Labute approximate surface area is 113 Å². The summed E-state index contributed by atoms with van der Waals surface area (Å²) in [7, 11) is 1.40. The minimum absolute atomic E-state index is 0. The molecule has 0 bridgehead atoms. The average Bonchev–Trinajstić information content (AvgIpc) is 2.38. The average molecular weight is 272 g/mol. The van der Waals surface area contributed by atoms with Crippen LogP contribution >= 0.6 is 12.4 Å². The SMILES string of the molecule is COC(=O)C1CC(c2ccccc2O)CCN1.Cl. The van der Waals surface area contributed by atoms with Crippen molar-refractivity contribution in [2.24, 2.45) is 0 Å². The Morgan fingerprint density at radius 2 is 2.17 bits per heavy atom. The highest BCUT2D eigenvalue weighted by molar-refractivity contribution is 5.85. The van der Waals surface area contributed by atoms with Crippen molar-refractivity contribution in [2.45, 2.75) is 24.8 Å². The molecule has 1 aliphatic rings. The van der Waals surface area contributed by atoms with Crippen LogP contribution in [0.2, 0.25) is 0 Å². The van der Waals surface area contributed by atoms with E-state index < -0.39 is 0 Å². The number of ether oxygens (including phenoxy) is 1. The monoisotopic (exact) mass is 271 g/mol. The summed E-state index contributed by atoms with van der Waals surface area (Å²) >= 11 is 0. The molecule has 2 rings (SSSR count). The lowest BCUT2D eigenvalue weighted by Crippen LogP contribution is -2.43. The van der Waals surface area contributed by atoms with Gasteiger partial charge in [-0.15, -0.1) is 12.4 Å². The van der Waals surface area contributed by atoms with E-state index in [9.17, 15) is 9.90 Å². The van der Waals surface area contributed by atoms with E-state index in [0.29, 0.717) is 12.2 Å². The van der Waals surface area contributed by atoms with Crippen molar-refractivity contribution in [3.8, 4) is 5.75 Å². The Balaban J connectivity index is 0.00000162. The number of methoxy groups -OCH3 is 1. The summed E-state index contributed by atoms with van der Waals surface area (Å²) in [6.07, 6.45) is 1.59. The zero-order valence-electron chi connectivity index (χ0n) is 10.3. The molecule has 0 aromatic heterocycles. The Hall–Kier alpha value is -1.26. The third-order valence-electron chi connectivity index (χ3n) is 3.27. The second-order valence-electron chi connectivity index (χ2n) is 4.31. The van der Waals surface area contributed by atoms with Gasteiger partial charge in [-0.2, -0.15) is 0 Å². The highest BCUT2D eigenvalue weighted by atomic mass is 35.5. The van der Waals surface area contributed by atoms with Crippen LogP contribution in [0.3, 0.4) is 0 Å².